The van der Waals surface area contributed by atoms with Crippen LogP contribution in [-0.4, -0.2) is 15.6 Å². The van der Waals surface area contributed by atoms with Crippen LogP contribution in [-0.2, 0) is 13.5 Å². The summed E-state index contributed by atoms with van der Waals surface area (Å²) in [5, 5.41) is 0. The molecule has 1 aromatic heterocycles. The molecule has 0 saturated heterocycles. The Bertz CT molecular complexity index is 350. The number of nitrogens with two attached hydrogens (primary N) is 1. The molecule has 2 rings (SSSR count). The van der Waals surface area contributed by atoms with Gasteiger partial charge < -0.3 is 10.3 Å². The second-order valence-corrected chi connectivity index (χ2v) is 5.89. The number of aromatic nitrogens is 2. The summed E-state index contributed by atoms with van der Waals surface area (Å²) in [6, 6.07) is 0.286. The Kier molecular flexibility index (Phi) is 4.81. The third-order valence-corrected chi connectivity index (χ3v) is 4.53. The summed E-state index contributed by atoms with van der Waals surface area (Å²) >= 11 is 0. The minimum absolute atomic E-state index is 0.286. The van der Waals surface area contributed by atoms with Crippen LogP contribution in [0.25, 0.3) is 0 Å². The van der Waals surface area contributed by atoms with Crippen molar-refractivity contribution in [2.75, 3.05) is 0 Å². The standard InChI is InChI=1S/C15H27N3/c1-3-4-12-5-7-13(8-6-12)14(16)11-15-17-9-10-18(15)2/h9-10,12-14H,3-8,11,16H2,1-2H3. The molecule has 18 heavy (non-hydrogen) atoms. The lowest BCUT2D eigenvalue weighted by atomic mass is 9.76. The van der Waals surface area contributed by atoms with Gasteiger partial charge in [-0.1, -0.05) is 32.6 Å². The van der Waals surface area contributed by atoms with Crippen LogP contribution in [0.4, 0.5) is 0 Å². The number of rotatable bonds is 5. The predicted molar refractivity (Wildman–Crippen MR) is 75.2 cm³/mol. The van der Waals surface area contributed by atoms with E-state index in [9.17, 15) is 0 Å². The first-order chi connectivity index (χ1) is 8.70. The highest BCUT2D eigenvalue weighted by Gasteiger charge is 2.25. The number of aryl methyl sites for hydroxylation is 1. The largest absolute Gasteiger partial charge is 0.338 e. The average Bonchev–Trinajstić information content (AvgIpc) is 2.76. The summed E-state index contributed by atoms with van der Waals surface area (Å²) < 4.78 is 2.09. The first-order valence-corrected chi connectivity index (χ1v) is 7.42. The lowest BCUT2D eigenvalue weighted by molar-refractivity contribution is 0.231. The van der Waals surface area contributed by atoms with Crippen molar-refractivity contribution >= 4 is 0 Å². The molecule has 102 valence electrons. The second kappa shape index (κ2) is 6.37. The third kappa shape index (κ3) is 3.35. The van der Waals surface area contributed by atoms with E-state index in [1.807, 2.05) is 19.4 Å². The highest BCUT2D eigenvalue weighted by atomic mass is 15.0. The summed E-state index contributed by atoms with van der Waals surface area (Å²) in [6.45, 7) is 2.29. The van der Waals surface area contributed by atoms with E-state index in [0.29, 0.717) is 5.92 Å². The molecular weight excluding hydrogens is 222 g/mol. The molecule has 1 atom stereocenters. The number of imidazole rings is 1. The van der Waals surface area contributed by atoms with Crippen LogP contribution in [0, 0.1) is 11.8 Å². The van der Waals surface area contributed by atoms with Crippen molar-refractivity contribution in [1.29, 1.82) is 0 Å². The topological polar surface area (TPSA) is 43.8 Å². The summed E-state index contributed by atoms with van der Waals surface area (Å²) in [5.41, 5.74) is 6.37. The highest BCUT2D eigenvalue weighted by Crippen LogP contribution is 2.33. The normalized spacial score (nSPS) is 26.2. The Hall–Kier alpha value is -0.830. The lowest BCUT2D eigenvalue weighted by Gasteiger charge is -2.32. The van der Waals surface area contributed by atoms with Gasteiger partial charge in [-0.2, -0.15) is 0 Å². The van der Waals surface area contributed by atoms with Gasteiger partial charge >= 0.3 is 0 Å². The van der Waals surface area contributed by atoms with Gasteiger partial charge in [-0.05, 0) is 24.7 Å². The fourth-order valence-corrected chi connectivity index (χ4v) is 3.28. The zero-order valence-corrected chi connectivity index (χ0v) is 11.8. The minimum atomic E-state index is 0.286. The fourth-order valence-electron chi connectivity index (χ4n) is 3.28. The smallest absolute Gasteiger partial charge is 0.109 e. The van der Waals surface area contributed by atoms with Crippen LogP contribution in [0.1, 0.15) is 51.3 Å². The molecule has 1 heterocycles. The van der Waals surface area contributed by atoms with Crippen molar-refractivity contribution in [2.24, 2.45) is 24.6 Å². The predicted octanol–water partition coefficient (Wildman–Crippen LogP) is 2.90. The summed E-state index contributed by atoms with van der Waals surface area (Å²) in [6.07, 6.45) is 12.9. The maximum atomic E-state index is 6.37. The van der Waals surface area contributed by atoms with Gasteiger partial charge in [0.2, 0.25) is 0 Å². The number of hydrogen-bond donors (Lipinski definition) is 1. The van der Waals surface area contributed by atoms with E-state index in [-0.39, 0.29) is 6.04 Å². The molecule has 0 aliphatic heterocycles. The number of nitrogens with zero attached hydrogens (tertiary/aromatic N) is 2. The quantitative estimate of drug-likeness (QED) is 0.872. The fraction of sp³-hybridized carbons (Fsp3) is 0.800. The van der Waals surface area contributed by atoms with Crippen LogP contribution in [0.15, 0.2) is 12.4 Å². The first-order valence-electron chi connectivity index (χ1n) is 7.42. The summed E-state index contributed by atoms with van der Waals surface area (Å²) in [7, 11) is 2.05. The Labute approximate surface area is 111 Å². The molecule has 1 saturated carbocycles. The van der Waals surface area contributed by atoms with Crippen LogP contribution in [0.2, 0.25) is 0 Å². The zero-order chi connectivity index (χ0) is 13.0. The number of hydrogen-bond acceptors (Lipinski definition) is 2. The van der Waals surface area contributed by atoms with Crippen LogP contribution < -0.4 is 5.73 Å². The van der Waals surface area contributed by atoms with Gasteiger partial charge in [0.1, 0.15) is 5.82 Å². The monoisotopic (exact) mass is 249 g/mol. The van der Waals surface area contributed by atoms with Gasteiger partial charge in [0.15, 0.2) is 0 Å². The average molecular weight is 249 g/mol. The molecule has 1 aliphatic carbocycles. The summed E-state index contributed by atoms with van der Waals surface area (Å²) in [4.78, 5) is 4.38. The summed E-state index contributed by atoms with van der Waals surface area (Å²) in [5.74, 6) is 2.79. The van der Waals surface area contributed by atoms with Gasteiger partial charge in [0, 0.05) is 31.9 Å². The van der Waals surface area contributed by atoms with Crippen molar-refractivity contribution in [3.63, 3.8) is 0 Å². The molecule has 0 amide bonds. The molecule has 3 heteroatoms. The lowest BCUT2D eigenvalue weighted by Crippen LogP contribution is -2.35. The van der Waals surface area contributed by atoms with Crippen LogP contribution in [0.3, 0.4) is 0 Å². The van der Waals surface area contributed by atoms with Crippen molar-refractivity contribution in [3.05, 3.63) is 18.2 Å². The molecule has 1 aliphatic rings. The third-order valence-electron chi connectivity index (χ3n) is 4.53. The van der Waals surface area contributed by atoms with E-state index in [1.54, 1.807) is 0 Å². The Morgan fingerprint density at radius 1 is 1.39 bits per heavy atom. The molecule has 0 aromatic carbocycles. The maximum Gasteiger partial charge on any atom is 0.109 e. The van der Waals surface area contributed by atoms with E-state index in [2.05, 4.69) is 16.5 Å². The highest BCUT2D eigenvalue weighted by molar-refractivity contribution is 4.96. The van der Waals surface area contributed by atoms with Gasteiger partial charge in [-0.15, -0.1) is 0 Å². The van der Waals surface area contributed by atoms with Crippen molar-refractivity contribution in [3.8, 4) is 0 Å². The first kappa shape index (κ1) is 13.6. The van der Waals surface area contributed by atoms with Gasteiger partial charge in [0.05, 0.1) is 0 Å². The Morgan fingerprint density at radius 2 is 2.11 bits per heavy atom. The molecule has 1 unspecified atom stereocenters. The minimum Gasteiger partial charge on any atom is -0.338 e. The van der Waals surface area contributed by atoms with Crippen molar-refractivity contribution in [2.45, 2.75) is 57.9 Å². The van der Waals surface area contributed by atoms with Crippen LogP contribution >= 0.6 is 0 Å². The van der Waals surface area contributed by atoms with Gasteiger partial charge in [-0.25, -0.2) is 4.98 Å². The van der Waals surface area contributed by atoms with Crippen molar-refractivity contribution < 1.29 is 0 Å². The van der Waals surface area contributed by atoms with Crippen LogP contribution in [0.5, 0.6) is 0 Å². The molecule has 3 nitrogen and oxygen atoms in total. The maximum absolute atomic E-state index is 6.37. The van der Waals surface area contributed by atoms with E-state index in [1.165, 1.54) is 38.5 Å². The Balaban J connectivity index is 1.80. The van der Waals surface area contributed by atoms with E-state index in [4.69, 9.17) is 5.73 Å². The molecular formula is C15H27N3. The molecule has 0 radical (unpaired) electrons. The molecule has 0 bridgehead atoms. The molecule has 1 aromatic rings. The van der Waals surface area contributed by atoms with E-state index < -0.39 is 0 Å². The molecule has 0 spiro atoms. The van der Waals surface area contributed by atoms with E-state index in [0.717, 1.165) is 18.2 Å². The molecule has 2 N–H and O–H groups in total. The van der Waals surface area contributed by atoms with Gasteiger partial charge in [-0.3, -0.25) is 0 Å². The molecule has 1 fully saturated rings. The zero-order valence-electron chi connectivity index (χ0n) is 11.8. The Morgan fingerprint density at radius 3 is 2.67 bits per heavy atom. The van der Waals surface area contributed by atoms with E-state index >= 15 is 0 Å². The second-order valence-electron chi connectivity index (χ2n) is 5.89. The van der Waals surface area contributed by atoms with Gasteiger partial charge in [0.25, 0.3) is 0 Å². The SMILES string of the molecule is CCCC1CCC(C(N)Cc2nccn2C)CC1. The van der Waals surface area contributed by atoms with Crippen molar-refractivity contribution in [1.82, 2.24) is 9.55 Å².